The Bertz CT molecular complexity index is 341. The van der Waals surface area contributed by atoms with E-state index < -0.39 is 0 Å². The predicted octanol–water partition coefficient (Wildman–Crippen LogP) is 1.92. The van der Waals surface area contributed by atoms with Gasteiger partial charge in [0.05, 0.1) is 11.8 Å². The van der Waals surface area contributed by atoms with E-state index in [4.69, 9.17) is 21.1 Å². The van der Waals surface area contributed by atoms with Crippen LogP contribution in [0.15, 0.2) is 12.3 Å². The van der Waals surface area contributed by atoms with Gasteiger partial charge in [-0.05, 0) is 13.0 Å². The van der Waals surface area contributed by atoms with Crippen LogP contribution in [0.1, 0.15) is 17.3 Å². The standard InChI is InChI=1S/C9H10ClNO3/c1-6(12)7-3-9(10)11-4-8(7)14-5-13-2/h3-4H,5H2,1-2H3. The zero-order valence-corrected chi connectivity index (χ0v) is 8.67. The molecule has 0 amide bonds. The van der Waals surface area contributed by atoms with Gasteiger partial charge in [-0.25, -0.2) is 4.98 Å². The summed E-state index contributed by atoms with van der Waals surface area (Å²) < 4.78 is 9.85. The van der Waals surface area contributed by atoms with Gasteiger partial charge in [-0.3, -0.25) is 4.79 Å². The molecule has 0 aliphatic carbocycles. The number of carbonyl (C=O) groups excluding carboxylic acids is 1. The third kappa shape index (κ3) is 2.68. The van der Waals surface area contributed by atoms with E-state index in [2.05, 4.69) is 4.98 Å². The lowest BCUT2D eigenvalue weighted by Crippen LogP contribution is -2.04. The van der Waals surface area contributed by atoms with E-state index in [0.717, 1.165) is 0 Å². The highest BCUT2D eigenvalue weighted by Crippen LogP contribution is 2.20. The number of aromatic nitrogens is 1. The lowest BCUT2D eigenvalue weighted by atomic mass is 10.2. The molecular formula is C9H10ClNO3. The Morgan fingerprint density at radius 3 is 2.93 bits per heavy atom. The molecule has 5 heteroatoms. The van der Waals surface area contributed by atoms with E-state index in [1.807, 2.05) is 0 Å². The first-order valence-electron chi connectivity index (χ1n) is 3.93. The second-order valence-electron chi connectivity index (χ2n) is 2.61. The highest BCUT2D eigenvalue weighted by molar-refractivity contribution is 6.29. The van der Waals surface area contributed by atoms with Crippen molar-refractivity contribution < 1.29 is 14.3 Å². The number of nitrogens with zero attached hydrogens (tertiary/aromatic N) is 1. The van der Waals surface area contributed by atoms with Crippen LogP contribution in [0.5, 0.6) is 5.75 Å². The van der Waals surface area contributed by atoms with Gasteiger partial charge in [-0.15, -0.1) is 0 Å². The number of rotatable bonds is 4. The van der Waals surface area contributed by atoms with Crippen LogP contribution < -0.4 is 4.74 Å². The molecule has 0 saturated carbocycles. The first-order chi connectivity index (χ1) is 6.65. The molecule has 1 aromatic heterocycles. The number of hydrogen-bond donors (Lipinski definition) is 0. The van der Waals surface area contributed by atoms with Crippen LogP contribution in [0.4, 0.5) is 0 Å². The summed E-state index contributed by atoms with van der Waals surface area (Å²) in [4.78, 5) is 15.0. The smallest absolute Gasteiger partial charge is 0.188 e. The lowest BCUT2D eigenvalue weighted by Gasteiger charge is -2.07. The minimum atomic E-state index is -0.125. The van der Waals surface area contributed by atoms with Crippen LogP contribution in [-0.2, 0) is 4.74 Å². The van der Waals surface area contributed by atoms with Gasteiger partial charge < -0.3 is 9.47 Å². The highest BCUT2D eigenvalue weighted by atomic mass is 35.5. The Morgan fingerprint density at radius 2 is 2.36 bits per heavy atom. The topological polar surface area (TPSA) is 48.4 Å². The Hall–Kier alpha value is -1.13. The molecule has 0 fully saturated rings. The van der Waals surface area contributed by atoms with Crippen molar-refractivity contribution in [3.05, 3.63) is 23.0 Å². The van der Waals surface area contributed by atoms with Crippen molar-refractivity contribution in [1.82, 2.24) is 4.98 Å². The molecule has 0 radical (unpaired) electrons. The van der Waals surface area contributed by atoms with Crippen LogP contribution >= 0.6 is 11.6 Å². The van der Waals surface area contributed by atoms with Gasteiger partial charge in [0.2, 0.25) is 0 Å². The average molecular weight is 216 g/mol. The largest absolute Gasteiger partial charge is 0.465 e. The van der Waals surface area contributed by atoms with Crippen LogP contribution in [0.25, 0.3) is 0 Å². The molecule has 0 aromatic carbocycles. The van der Waals surface area contributed by atoms with Gasteiger partial charge >= 0.3 is 0 Å². The van der Waals surface area contributed by atoms with Gasteiger partial charge in [-0.1, -0.05) is 11.6 Å². The molecule has 0 saturated heterocycles. The number of halogens is 1. The number of hydrogen-bond acceptors (Lipinski definition) is 4. The number of ether oxygens (including phenoxy) is 2. The van der Waals surface area contributed by atoms with Crippen molar-refractivity contribution in [2.45, 2.75) is 6.92 Å². The number of methoxy groups -OCH3 is 1. The maximum atomic E-state index is 11.2. The van der Waals surface area contributed by atoms with E-state index in [-0.39, 0.29) is 17.7 Å². The Balaban J connectivity index is 2.96. The van der Waals surface area contributed by atoms with Gasteiger partial charge in [0.15, 0.2) is 18.3 Å². The number of pyridine rings is 1. The Labute approximate surface area is 86.8 Å². The number of carbonyl (C=O) groups is 1. The first-order valence-corrected chi connectivity index (χ1v) is 4.31. The minimum Gasteiger partial charge on any atom is -0.465 e. The van der Waals surface area contributed by atoms with Crippen LogP contribution in [0.3, 0.4) is 0 Å². The Morgan fingerprint density at radius 1 is 1.64 bits per heavy atom. The molecule has 0 aliphatic rings. The molecule has 76 valence electrons. The summed E-state index contributed by atoms with van der Waals surface area (Å²) in [6.45, 7) is 1.51. The maximum Gasteiger partial charge on any atom is 0.188 e. The fraction of sp³-hybridized carbons (Fsp3) is 0.333. The molecule has 0 bridgehead atoms. The van der Waals surface area contributed by atoms with Crippen molar-refractivity contribution in [3.8, 4) is 5.75 Å². The fourth-order valence-electron chi connectivity index (χ4n) is 0.930. The van der Waals surface area contributed by atoms with Crippen molar-refractivity contribution in [3.63, 3.8) is 0 Å². The van der Waals surface area contributed by atoms with Gasteiger partial charge in [-0.2, -0.15) is 0 Å². The summed E-state index contributed by atoms with van der Waals surface area (Å²) in [5, 5.41) is 0.264. The third-order valence-corrected chi connectivity index (χ3v) is 1.75. The second-order valence-corrected chi connectivity index (χ2v) is 3.00. The van der Waals surface area contributed by atoms with E-state index in [1.54, 1.807) is 0 Å². The minimum absolute atomic E-state index is 0.0730. The first kappa shape index (κ1) is 10.9. The summed E-state index contributed by atoms with van der Waals surface area (Å²) in [6.07, 6.45) is 1.40. The van der Waals surface area contributed by atoms with E-state index in [1.165, 1.54) is 26.3 Å². The SMILES string of the molecule is COCOc1cnc(Cl)cc1C(C)=O. The summed E-state index contributed by atoms with van der Waals surface area (Å²) >= 11 is 5.64. The summed E-state index contributed by atoms with van der Waals surface area (Å²) in [5.41, 5.74) is 0.405. The molecule has 0 aliphatic heterocycles. The van der Waals surface area contributed by atoms with Crippen molar-refractivity contribution in [2.75, 3.05) is 13.9 Å². The maximum absolute atomic E-state index is 11.2. The molecule has 0 N–H and O–H groups in total. The molecule has 0 unspecified atom stereocenters. The van der Waals surface area contributed by atoms with Crippen molar-refractivity contribution >= 4 is 17.4 Å². The monoisotopic (exact) mass is 215 g/mol. The van der Waals surface area contributed by atoms with E-state index in [0.29, 0.717) is 11.3 Å². The van der Waals surface area contributed by atoms with Crippen molar-refractivity contribution in [1.29, 1.82) is 0 Å². The van der Waals surface area contributed by atoms with Crippen LogP contribution in [0, 0.1) is 0 Å². The van der Waals surface area contributed by atoms with E-state index in [9.17, 15) is 4.79 Å². The van der Waals surface area contributed by atoms with Crippen LogP contribution in [-0.4, -0.2) is 24.7 Å². The zero-order valence-electron chi connectivity index (χ0n) is 7.91. The number of ketones is 1. The van der Waals surface area contributed by atoms with E-state index >= 15 is 0 Å². The fourth-order valence-corrected chi connectivity index (χ4v) is 1.09. The molecule has 0 atom stereocenters. The molecule has 1 aromatic rings. The Kier molecular flexibility index (Phi) is 3.85. The quantitative estimate of drug-likeness (QED) is 0.437. The zero-order chi connectivity index (χ0) is 10.6. The van der Waals surface area contributed by atoms with Gasteiger partial charge in [0.25, 0.3) is 0 Å². The summed E-state index contributed by atoms with van der Waals surface area (Å²) in [5.74, 6) is 0.254. The highest BCUT2D eigenvalue weighted by Gasteiger charge is 2.09. The predicted molar refractivity (Wildman–Crippen MR) is 51.8 cm³/mol. The summed E-state index contributed by atoms with van der Waals surface area (Å²) in [7, 11) is 1.50. The second kappa shape index (κ2) is 4.93. The molecule has 4 nitrogen and oxygen atoms in total. The molecule has 1 heterocycles. The molecule has 14 heavy (non-hydrogen) atoms. The van der Waals surface area contributed by atoms with Crippen molar-refractivity contribution in [2.24, 2.45) is 0 Å². The van der Waals surface area contributed by atoms with Gasteiger partial charge in [0.1, 0.15) is 5.15 Å². The van der Waals surface area contributed by atoms with Crippen LogP contribution in [0.2, 0.25) is 5.15 Å². The van der Waals surface area contributed by atoms with Gasteiger partial charge in [0, 0.05) is 7.11 Å². The number of Topliss-reactive ketones (excluding diaryl/α,β-unsaturated/α-hetero) is 1. The third-order valence-electron chi connectivity index (χ3n) is 1.55. The molecular weight excluding hydrogens is 206 g/mol. The normalized spacial score (nSPS) is 9.93. The molecule has 1 rings (SSSR count). The average Bonchev–Trinajstić information content (AvgIpc) is 2.15. The lowest BCUT2D eigenvalue weighted by molar-refractivity contribution is 0.0500. The summed E-state index contributed by atoms with van der Waals surface area (Å²) in [6, 6.07) is 1.47. The molecule has 0 spiro atoms.